The summed E-state index contributed by atoms with van der Waals surface area (Å²) in [6, 6.07) is 3.90. The third-order valence-corrected chi connectivity index (χ3v) is 4.01. The van der Waals surface area contributed by atoms with Gasteiger partial charge in [0, 0.05) is 9.75 Å². The fourth-order valence-corrected chi connectivity index (χ4v) is 3.11. The van der Waals surface area contributed by atoms with Crippen molar-refractivity contribution < 1.29 is 9.59 Å². The van der Waals surface area contributed by atoms with E-state index in [0.29, 0.717) is 4.91 Å². The molecule has 0 radical (unpaired) electrons. The lowest BCUT2D eigenvalue weighted by Gasteiger charge is -2.06. The van der Waals surface area contributed by atoms with Gasteiger partial charge in [0.15, 0.2) is 0 Å². The minimum Gasteiger partial charge on any atom is -0.268 e. The van der Waals surface area contributed by atoms with Crippen molar-refractivity contribution in [2.24, 2.45) is 0 Å². The second kappa shape index (κ2) is 4.78. The van der Waals surface area contributed by atoms with E-state index >= 15 is 0 Å². The van der Waals surface area contributed by atoms with Crippen molar-refractivity contribution in [3.05, 3.63) is 26.8 Å². The lowest BCUT2D eigenvalue weighted by molar-refractivity contribution is -0.122. The van der Waals surface area contributed by atoms with E-state index in [1.807, 2.05) is 19.1 Å². The van der Waals surface area contributed by atoms with Crippen LogP contribution in [0.4, 0.5) is 4.79 Å². The number of terminal acetylenes is 1. The number of aryl methyl sites for hydroxylation is 1. The third kappa shape index (κ3) is 2.43. The van der Waals surface area contributed by atoms with Crippen LogP contribution in [0, 0.1) is 19.3 Å². The molecule has 0 atom stereocenters. The van der Waals surface area contributed by atoms with Crippen LogP contribution in [-0.2, 0) is 4.79 Å². The van der Waals surface area contributed by atoms with E-state index in [9.17, 15) is 9.59 Å². The molecule has 0 saturated carbocycles. The average Bonchev–Trinajstić information content (AvgIpc) is 2.79. The highest BCUT2D eigenvalue weighted by atomic mass is 32.2. The molecule has 1 saturated heterocycles. The summed E-state index contributed by atoms with van der Waals surface area (Å²) in [7, 11) is 0. The number of thioether (sulfide) groups is 1. The van der Waals surface area contributed by atoms with Gasteiger partial charge in [0.05, 0.1) is 11.4 Å². The van der Waals surface area contributed by atoms with Gasteiger partial charge in [-0.25, -0.2) is 0 Å². The van der Waals surface area contributed by atoms with Crippen molar-refractivity contribution in [2.75, 3.05) is 6.54 Å². The monoisotopic (exact) mass is 263 g/mol. The summed E-state index contributed by atoms with van der Waals surface area (Å²) in [5.74, 6) is 2.00. The van der Waals surface area contributed by atoms with Crippen LogP contribution >= 0.6 is 23.1 Å². The molecule has 0 unspecified atom stereocenters. The first kappa shape index (κ1) is 12.0. The highest BCUT2D eigenvalue weighted by Crippen LogP contribution is 2.33. The first-order valence-corrected chi connectivity index (χ1v) is 6.50. The normalized spacial score (nSPS) is 17.9. The topological polar surface area (TPSA) is 37.4 Å². The highest BCUT2D eigenvalue weighted by molar-refractivity contribution is 8.18. The van der Waals surface area contributed by atoms with Gasteiger partial charge in [0.25, 0.3) is 11.1 Å². The van der Waals surface area contributed by atoms with Crippen molar-refractivity contribution in [2.45, 2.75) is 6.92 Å². The third-order valence-electron chi connectivity index (χ3n) is 2.16. The molecule has 0 aliphatic carbocycles. The largest absolute Gasteiger partial charge is 0.294 e. The maximum atomic E-state index is 11.8. The Labute approximate surface area is 108 Å². The number of amides is 2. The van der Waals surface area contributed by atoms with E-state index < -0.39 is 0 Å². The summed E-state index contributed by atoms with van der Waals surface area (Å²) < 4.78 is 0. The maximum absolute atomic E-state index is 11.8. The fourth-order valence-electron chi connectivity index (χ4n) is 1.39. The number of rotatable bonds is 2. The van der Waals surface area contributed by atoms with Gasteiger partial charge in [0.2, 0.25) is 0 Å². The molecular weight excluding hydrogens is 254 g/mol. The second-order valence-electron chi connectivity index (χ2n) is 3.42. The van der Waals surface area contributed by atoms with Gasteiger partial charge in [-0.15, -0.1) is 17.8 Å². The molecule has 0 N–H and O–H groups in total. The van der Waals surface area contributed by atoms with Gasteiger partial charge in [-0.2, -0.15) is 0 Å². The zero-order valence-corrected chi connectivity index (χ0v) is 10.7. The number of nitrogens with zero attached hydrogens (tertiary/aromatic N) is 1. The molecule has 0 spiro atoms. The van der Waals surface area contributed by atoms with E-state index in [4.69, 9.17) is 6.42 Å². The number of carbonyl (C=O) groups is 2. The van der Waals surface area contributed by atoms with Gasteiger partial charge >= 0.3 is 0 Å². The predicted octanol–water partition coefficient (Wildman–Crippen LogP) is 2.73. The van der Waals surface area contributed by atoms with Crippen LogP contribution in [0.2, 0.25) is 0 Å². The van der Waals surface area contributed by atoms with Crippen molar-refractivity contribution in [3.8, 4) is 12.3 Å². The summed E-state index contributed by atoms with van der Waals surface area (Å²) in [5.41, 5.74) is 0. The molecule has 5 heteroatoms. The Morgan fingerprint density at radius 3 is 2.82 bits per heavy atom. The Balaban J connectivity index is 2.25. The molecule has 0 bridgehead atoms. The predicted molar refractivity (Wildman–Crippen MR) is 70.6 cm³/mol. The van der Waals surface area contributed by atoms with Crippen LogP contribution in [0.15, 0.2) is 17.0 Å². The van der Waals surface area contributed by atoms with E-state index in [2.05, 4.69) is 5.92 Å². The van der Waals surface area contributed by atoms with Crippen LogP contribution in [-0.4, -0.2) is 22.6 Å². The van der Waals surface area contributed by atoms with Gasteiger partial charge in [-0.05, 0) is 36.9 Å². The molecule has 1 fully saturated rings. The number of imide groups is 1. The van der Waals surface area contributed by atoms with Gasteiger partial charge < -0.3 is 0 Å². The molecule has 2 amide bonds. The molecule has 1 aliphatic rings. The zero-order chi connectivity index (χ0) is 12.4. The second-order valence-corrected chi connectivity index (χ2v) is 5.73. The molecule has 17 heavy (non-hydrogen) atoms. The summed E-state index contributed by atoms with van der Waals surface area (Å²) in [4.78, 5) is 27.0. The Morgan fingerprint density at radius 2 is 2.24 bits per heavy atom. The Kier molecular flexibility index (Phi) is 3.36. The summed E-state index contributed by atoms with van der Waals surface area (Å²) in [5, 5.41) is -0.299. The number of hydrogen-bond donors (Lipinski definition) is 0. The molecule has 1 aromatic rings. The van der Waals surface area contributed by atoms with Crippen LogP contribution < -0.4 is 0 Å². The summed E-state index contributed by atoms with van der Waals surface area (Å²) in [6.07, 6.45) is 6.85. The van der Waals surface area contributed by atoms with Crippen molar-refractivity contribution in [1.82, 2.24) is 4.90 Å². The molecule has 3 nitrogen and oxygen atoms in total. The Morgan fingerprint density at radius 1 is 1.47 bits per heavy atom. The van der Waals surface area contributed by atoms with Crippen LogP contribution in [0.3, 0.4) is 0 Å². The number of thiophene rings is 1. The molecular formula is C12H9NO2S2. The van der Waals surface area contributed by atoms with E-state index in [0.717, 1.165) is 21.5 Å². The average molecular weight is 263 g/mol. The minimum atomic E-state index is -0.302. The maximum Gasteiger partial charge on any atom is 0.294 e. The molecule has 2 rings (SSSR count). The molecule has 2 heterocycles. The zero-order valence-electron chi connectivity index (χ0n) is 9.10. The Hall–Kier alpha value is -1.51. The lowest BCUT2D eigenvalue weighted by Crippen LogP contribution is -2.28. The van der Waals surface area contributed by atoms with Crippen molar-refractivity contribution in [1.29, 1.82) is 0 Å². The van der Waals surface area contributed by atoms with Crippen molar-refractivity contribution in [3.63, 3.8) is 0 Å². The molecule has 0 aromatic carbocycles. The van der Waals surface area contributed by atoms with E-state index in [-0.39, 0.29) is 17.7 Å². The van der Waals surface area contributed by atoms with Crippen LogP contribution in [0.25, 0.3) is 6.08 Å². The van der Waals surface area contributed by atoms with Crippen LogP contribution in [0.1, 0.15) is 9.75 Å². The minimum absolute atomic E-state index is 0.0332. The molecule has 1 aliphatic heterocycles. The van der Waals surface area contributed by atoms with Gasteiger partial charge in [-0.3, -0.25) is 14.5 Å². The fraction of sp³-hybridized carbons (Fsp3) is 0.167. The van der Waals surface area contributed by atoms with Gasteiger partial charge in [0.1, 0.15) is 0 Å². The number of carbonyl (C=O) groups excluding carboxylic acids is 2. The first-order chi connectivity index (χ1) is 8.11. The van der Waals surface area contributed by atoms with E-state index in [1.54, 1.807) is 17.4 Å². The SMILES string of the molecule is C#CCN1C(=O)S/C(=C\c2ccc(C)s2)C1=O. The molecule has 1 aromatic heterocycles. The van der Waals surface area contributed by atoms with Crippen LogP contribution in [0.5, 0.6) is 0 Å². The quantitative estimate of drug-likeness (QED) is 0.608. The van der Waals surface area contributed by atoms with E-state index in [1.165, 1.54) is 4.88 Å². The van der Waals surface area contributed by atoms with Crippen molar-refractivity contribution >= 4 is 40.3 Å². The standard InChI is InChI=1S/C12H9NO2S2/c1-3-6-13-11(14)10(17-12(13)15)7-9-5-4-8(2)16-9/h1,4-5,7H,6H2,2H3/b10-7-. The first-order valence-electron chi connectivity index (χ1n) is 4.87. The van der Waals surface area contributed by atoms with Gasteiger partial charge in [-0.1, -0.05) is 5.92 Å². The Bertz CT molecular complexity index is 551. The molecule has 86 valence electrons. The summed E-state index contributed by atoms with van der Waals surface area (Å²) >= 11 is 2.52. The highest BCUT2D eigenvalue weighted by Gasteiger charge is 2.34. The number of hydrogen-bond acceptors (Lipinski definition) is 4. The smallest absolute Gasteiger partial charge is 0.268 e. The lowest BCUT2D eigenvalue weighted by atomic mass is 10.3. The summed E-state index contributed by atoms with van der Waals surface area (Å²) in [6.45, 7) is 2.03.